The minimum atomic E-state index is 0.876. The Bertz CT molecular complexity index is 441. The summed E-state index contributed by atoms with van der Waals surface area (Å²) in [5, 5.41) is 0. The SMILES string of the molecule is Cc1nccn1CC=Cc1ccccc1. The van der Waals surface area contributed by atoms with Crippen LogP contribution >= 0.6 is 0 Å². The van der Waals surface area contributed by atoms with E-state index in [2.05, 4.69) is 33.8 Å². The van der Waals surface area contributed by atoms with Crippen LogP contribution < -0.4 is 0 Å². The molecular weight excluding hydrogens is 184 g/mol. The second-order valence-corrected chi connectivity index (χ2v) is 3.44. The number of hydrogen-bond donors (Lipinski definition) is 0. The van der Waals surface area contributed by atoms with Crippen molar-refractivity contribution in [2.24, 2.45) is 0 Å². The molecule has 0 radical (unpaired) electrons. The van der Waals surface area contributed by atoms with Crippen molar-refractivity contribution < 1.29 is 0 Å². The Balaban J connectivity index is 2.00. The van der Waals surface area contributed by atoms with Crippen molar-refractivity contribution in [2.45, 2.75) is 13.5 Å². The number of aromatic nitrogens is 2. The van der Waals surface area contributed by atoms with Gasteiger partial charge < -0.3 is 4.57 Å². The highest BCUT2D eigenvalue weighted by Crippen LogP contribution is 2.02. The summed E-state index contributed by atoms with van der Waals surface area (Å²) >= 11 is 0. The highest BCUT2D eigenvalue weighted by molar-refractivity contribution is 5.48. The molecule has 76 valence electrons. The fraction of sp³-hybridized carbons (Fsp3) is 0.154. The molecule has 0 saturated heterocycles. The third-order valence-corrected chi connectivity index (χ3v) is 2.34. The van der Waals surface area contributed by atoms with Crippen molar-refractivity contribution in [3.05, 3.63) is 60.2 Å². The van der Waals surface area contributed by atoms with Crippen molar-refractivity contribution in [1.82, 2.24) is 9.55 Å². The van der Waals surface area contributed by atoms with Crippen molar-refractivity contribution in [3.8, 4) is 0 Å². The first-order valence-corrected chi connectivity index (χ1v) is 5.05. The zero-order valence-electron chi connectivity index (χ0n) is 8.80. The van der Waals surface area contributed by atoms with Crippen LogP contribution in [0.1, 0.15) is 11.4 Å². The van der Waals surface area contributed by atoms with Gasteiger partial charge in [-0.15, -0.1) is 0 Å². The smallest absolute Gasteiger partial charge is 0.105 e. The molecule has 0 saturated carbocycles. The predicted octanol–water partition coefficient (Wildman–Crippen LogP) is 2.90. The predicted molar refractivity (Wildman–Crippen MR) is 62.4 cm³/mol. The van der Waals surface area contributed by atoms with Crippen LogP contribution in [0.4, 0.5) is 0 Å². The zero-order chi connectivity index (χ0) is 10.5. The summed E-state index contributed by atoms with van der Waals surface area (Å²) < 4.78 is 2.11. The van der Waals surface area contributed by atoms with Gasteiger partial charge in [0, 0.05) is 18.9 Å². The Hall–Kier alpha value is -1.83. The van der Waals surface area contributed by atoms with Crippen molar-refractivity contribution >= 4 is 6.08 Å². The van der Waals surface area contributed by atoms with Gasteiger partial charge in [0.05, 0.1) is 0 Å². The molecule has 0 amide bonds. The molecule has 15 heavy (non-hydrogen) atoms. The Morgan fingerprint density at radius 2 is 2.07 bits per heavy atom. The summed E-state index contributed by atoms with van der Waals surface area (Å²) in [5.41, 5.74) is 1.23. The summed E-state index contributed by atoms with van der Waals surface area (Å²) in [6.45, 7) is 2.89. The maximum atomic E-state index is 4.17. The molecule has 1 heterocycles. The maximum absolute atomic E-state index is 4.17. The second-order valence-electron chi connectivity index (χ2n) is 3.44. The molecule has 0 bridgehead atoms. The van der Waals surface area contributed by atoms with Crippen LogP contribution in [0, 0.1) is 6.92 Å². The van der Waals surface area contributed by atoms with Crippen molar-refractivity contribution in [2.75, 3.05) is 0 Å². The first-order chi connectivity index (χ1) is 7.36. The summed E-state index contributed by atoms with van der Waals surface area (Å²) in [4.78, 5) is 4.17. The highest BCUT2D eigenvalue weighted by Gasteiger charge is 1.91. The molecular formula is C13H14N2. The molecule has 0 unspecified atom stereocenters. The molecule has 2 heteroatoms. The molecule has 0 fully saturated rings. The van der Waals surface area contributed by atoms with Gasteiger partial charge in [-0.05, 0) is 12.5 Å². The lowest BCUT2D eigenvalue weighted by molar-refractivity contribution is 0.783. The zero-order valence-corrected chi connectivity index (χ0v) is 8.80. The first-order valence-electron chi connectivity index (χ1n) is 5.05. The topological polar surface area (TPSA) is 17.8 Å². The van der Waals surface area contributed by atoms with E-state index in [1.807, 2.05) is 37.5 Å². The van der Waals surface area contributed by atoms with Gasteiger partial charge in [0.1, 0.15) is 5.82 Å². The molecule has 0 aliphatic rings. The molecule has 0 aliphatic carbocycles. The first kappa shape index (κ1) is 9.71. The molecule has 0 spiro atoms. The third-order valence-electron chi connectivity index (χ3n) is 2.34. The Morgan fingerprint density at radius 3 is 2.73 bits per heavy atom. The van der Waals surface area contributed by atoms with Crippen LogP contribution in [-0.2, 0) is 6.54 Å². The molecule has 0 aliphatic heterocycles. The van der Waals surface area contributed by atoms with Crippen LogP contribution in [-0.4, -0.2) is 9.55 Å². The lowest BCUT2D eigenvalue weighted by Gasteiger charge is -1.99. The number of rotatable bonds is 3. The van der Waals surface area contributed by atoms with Gasteiger partial charge in [-0.1, -0.05) is 42.5 Å². The maximum Gasteiger partial charge on any atom is 0.105 e. The van der Waals surface area contributed by atoms with E-state index in [0.717, 1.165) is 12.4 Å². The van der Waals surface area contributed by atoms with Gasteiger partial charge in [-0.25, -0.2) is 4.98 Å². The number of imidazole rings is 1. The number of benzene rings is 1. The van der Waals surface area contributed by atoms with E-state index >= 15 is 0 Å². The van der Waals surface area contributed by atoms with E-state index < -0.39 is 0 Å². The van der Waals surface area contributed by atoms with E-state index in [1.165, 1.54) is 5.56 Å². The normalized spacial score (nSPS) is 11.0. The van der Waals surface area contributed by atoms with Gasteiger partial charge in [-0.3, -0.25) is 0 Å². The van der Waals surface area contributed by atoms with Crippen molar-refractivity contribution in [1.29, 1.82) is 0 Å². The summed E-state index contributed by atoms with van der Waals surface area (Å²) in [5.74, 6) is 1.05. The van der Waals surface area contributed by atoms with Gasteiger partial charge in [0.2, 0.25) is 0 Å². The Labute approximate surface area is 89.9 Å². The van der Waals surface area contributed by atoms with E-state index in [9.17, 15) is 0 Å². The fourth-order valence-corrected chi connectivity index (χ4v) is 1.46. The quantitative estimate of drug-likeness (QED) is 0.741. The summed E-state index contributed by atoms with van der Waals surface area (Å²) in [7, 11) is 0. The van der Waals surface area contributed by atoms with Crippen LogP contribution in [0.5, 0.6) is 0 Å². The molecule has 2 aromatic rings. The Kier molecular flexibility index (Phi) is 2.98. The van der Waals surface area contributed by atoms with Crippen LogP contribution in [0.15, 0.2) is 48.8 Å². The number of nitrogens with zero attached hydrogens (tertiary/aromatic N) is 2. The lowest BCUT2D eigenvalue weighted by Crippen LogP contribution is -1.95. The largest absolute Gasteiger partial charge is 0.331 e. The average molecular weight is 198 g/mol. The summed E-state index contributed by atoms with van der Waals surface area (Å²) in [6.07, 6.45) is 8.08. The minimum absolute atomic E-state index is 0.876. The fourth-order valence-electron chi connectivity index (χ4n) is 1.46. The van der Waals surface area contributed by atoms with E-state index in [0.29, 0.717) is 0 Å². The molecule has 2 rings (SSSR count). The van der Waals surface area contributed by atoms with E-state index in [1.54, 1.807) is 0 Å². The monoisotopic (exact) mass is 198 g/mol. The van der Waals surface area contributed by atoms with Gasteiger partial charge in [-0.2, -0.15) is 0 Å². The number of allylic oxidation sites excluding steroid dienone is 1. The molecule has 0 N–H and O–H groups in total. The third kappa shape index (κ3) is 2.56. The Morgan fingerprint density at radius 1 is 1.27 bits per heavy atom. The van der Waals surface area contributed by atoms with Gasteiger partial charge >= 0.3 is 0 Å². The van der Waals surface area contributed by atoms with Gasteiger partial charge in [0.15, 0.2) is 0 Å². The number of hydrogen-bond acceptors (Lipinski definition) is 1. The second kappa shape index (κ2) is 4.60. The standard InChI is InChI=1S/C13H14N2/c1-12-14-9-11-15(12)10-5-8-13-6-3-2-4-7-13/h2-9,11H,10H2,1H3. The molecule has 2 nitrogen and oxygen atoms in total. The van der Waals surface area contributed by atoms with Crippen LogP contribution in [0.2, 0.25) is 0 Å². The minimum Gasteiger partial charge on any atom is -0.331 e. The van der Waals surface area contributed by atoms with Crippen molar-refractivity contribution in [3.63, 3.8) is 0 Å². The lowest BCUT2D eigenvalue weighted by atomic mass is 10.2. The van der Waals surface area contributed by atoms with E-state index in [-0.39, 0.29) is 0 Å². The van der Waals surface area contributed by atoms with Gasteiger partial charge in [0.25, 0.3) is 0 Å². The average Bonchev–Trinajstić information content (AvgIpc) is 2.66. The highest BCUT2D eigenvalue weighted by atomic mass is 15.0. The molecule has 1 aromatic heterocycles. The summed E-state index contributed by atoms with van der Waals surface area (Å²) in [6, 6.07) is 10.3. The van der Waals surface area contributed by atoms with Crippen LogP contribution in [0.3, 0.4) is 0 Å². The van der Waals surface area contributed by atoms with E-state index in [4.69, 9.17) is 0 Å². The molecule has 1 aromatic carbocycles. The van der Waals surface area contributed by atoms with Crippen LogP contribution in [0.25, 0.3) is 6.08 Å². The number of aryl methyl sites for hydroxylation is 1. The molecule has 0 atom stereocenters.